The fraction of sp³-hybridized carbons (Fsp3) is 0.429. The molecule has 0 radical (unpaired) electrons. The van der Waals surface area contributed by atoms with Crippen LogP contribution in [0.1, 0.15) is 13.3 Å². The number of amidine groups is 1. The third-order valence-electron chi connectivity index (χ3n) is 3.43. The minimum Gasteiger partial charge on any atom is -0.497 e. The number of aliphatic imine (C=N–C) groups is 1. The van der Waals surface area contributed by atoms with Crippen molar-refractivity contribution in [3.8, 4) is 5.75 Å². The number of halogens is 1. The van der Waals surface area contributed by atoms with E-state index in [-0.39, 0.29) is 17.2 Å². The first-order chi connectivity index (χ1) is 9.60. The molecule has 6 heteroatoms. The molecule has 1 aromatic rings. The highest BCUT2D eigenvalue weighted by atomic mass is 35.5. The summed E-state index contributed by atoms with van der Waals surface area (Å²) in [4.78, 5) is 19.9. The number of fused-ring (bicyclic) bond motifs is 3. The van der Waals surface area contributed by atoms with Gasteiger partial charge in [-0.3, -0.25) is 14.7 Å². The SMILES string of the molecule is COc1ccc2c(c1)SC1=NCC(CC(C)Cl)C(=O)N12. The largest absolute Gasteiger partial charge is 0.497 e. The maximum atomic E-state index is 12.6. The second-order valence-corrected chi connectivity index (χ2v) is 6.70. The van der Waals surface area contributed by atoms with Gasteiger partial charge >= 0.3 is 0 Å². The molecule has 2 unspecified atom stereocenters. The zero-order valence-corrected chi connectivity index (χ0v) is 12.9. The molecule has 0 aromatic heterocycles. The summed E-state index contributed by atoms with van der Waals surface area (Å²) in [6.07, 6.45) is 0.657. The lowest BCUT2D eigenvalue weighted by Crippen LogP contribution is -2.43. The van der Waals surface area contributed by atoms with Gasteiger partial charge in [-0.25, -0.2) is 0 Å². The molecule has 0 aliphatic carbocycles. The number of rotatable bonds is 3. The maximum absolute atomic E-state index is 12.6. The molecule has 4 nitrogen and oxygen atoms in total. The van der Waals surface area contributed by atoms with Crippen molar-refractivity contribution < 1.29 is 9.53 Å². The molecule has 2 aliphatic heterocycles. The standard InChI is InChI=1S/C14H15ClN2O2S/c1-8(15)5-9-7-16-14-17(13(9)18)11-4-3-10(19-2)6-12(11)20-14/h3-4,6,8-9H,5,7H2,1-2H3. The van der Waals surface area contributed by atoms with Crippen molar-refractivity contribution in [2.24, 2.45) is 10.9 Å². The highest BCUT2D eigenvalue weighted by Gasteiger charge is 2.39. The molecule has 2 aliphatic rings. The molecule has 0 bridgehead atoms. The zero-order valence-electron chi connectivity index (χ0n) is 11.3. The summed E-state index contributed by atoms with van der Waals surface area (Å²) in [7, 11) is 1.63. The van der Waals surface area contributed by atoms with Gasteiger partial charge in [-0.1, -0.05) is 0 Å². The van der Waals surface area contributed by atoms with Crippen LogP contribution in [0.5, 0.6) is 5.75 Å². The Hall–Kier alpha value is -1.20. The summed E-state index contributed by atoms with van der Waals surface area (Å²) < 4.78 is 5.22. The van der Waals surface area contributed by atoms with Crippen molar-refractivity contribution in [1.82, 2.24) is 0 Å². The first-order valence-electron chi connectivity index (χ1n) is 6.48. The van der Waals surface area contributed by atoms with Crippen LogP contribution < -0.4 is 9.64 Å². The molecular formula is C14H15ClN2O2S. The Morgan fingerprint density at radius 1 is 1.60 bits per heavy atom. The summed E-state index contributed by atoms with van der Waals surface area (Å²) in [5.74, 6) is 0.758. The predicted octanol–water partition coefficient (Wildman–Crippen LogP) is 3.14. The van der Waals surface area contributed by atoms with E-state index in [2.05, 4.69) is 4.99 Å². The smallest absolute Gasteiger partial charge is 0.238 e. The number of thioether (sulfide) groups is 1. The van der Waals surface area contributed by atoms with Crippen molar-refractivity contribution in [2.75, 3.05) is 18.6 Å². The van der Waals surface area contributed by atoms with Gasteiger partial charge in [-0.15, -0.1) is 11.6 Å². The van der Waals surface area contributed by atoms with E-state index in [0.717, 1.165) is 21.5 Å². The fourth-order valence-electron chi connectivity index (χ4n) is 2.47. The molecule has 0 fully saturated rings. The highest BCUT2D eigenvalue weighted by Crippen LogP contribution is 2.44. The summed E-state index contributed by atoms with van der Waals surface area (Å²) in [6, 6.07) is 5.71. The molecule has 1 aromatic carbocycles. The third-order valence-corrected chi connectivity index (χ3v) is 4.65. The number of anilines is 1. The van der Waals surface area contributed by atoms with Gasteiger partial charge in [-0.2, -0.15) is 0 Å². The number of nitrogens with zero attached hydrogens (tertiary/aromatic N) is 2. The summed E-state index contributed by atoms with van der Waals surface area (Å²) in [5, 5.41) is 0.739. The number of benzene rings is 1. The quantitative estimate of drug-likeness (QED) is 0.805. The van der Waals surface area contributed by atoms with E-state index in [1.165, 1.54) is 11.8 Å². The van der Waals surface area contributed by atoms with E-state index >= 15 is 0 Å². The minimum atomic E-state index is -0.125. The van der Waals surface area contributed by atoms with Crippen LogP contribution in [-0.2, 0) is 4.79 Å². The summed E-state index contributed by atoms with van der Waals surface area (Å²) in [5.41, 5.74) is 0.895. The van der Waals surface area contributed by atoms with Crippen molar-refractivity contribution >= 4 is 40.1 Å². The number of hydrogen-bond acceptors (Lipinski definition) is 4. The Kier molecular flexibility index (Phi) is 3.65. The molecule has 0 N–H and O–H groups in total. The van der Waals surface area contributed by atoms with Crippen LogP contribution in [0.2, 0.25) is 0 Å². The van der Waals surface area contributed by atoms with E-state index in [1.807, 2.05) is 25.1 Å². The van der Waals surface area contributed by atoms with E-state index in [0.29, 0.717) is 13.0 Å². The Morgan fingerprint density at radius 3 is 3.10 bits per heavy atom. The minimum absolute atomic E-state index is 0.0220. The van der Waals surface area contributed by atoms with Crippen molar-refractivity contribution in [1.29, 1.82) is 0 Å². The molecule has 106 valence electrons. The van der Waals surface area contributed by atoms with Gasteiger partial charge in [0, 0.05) is 10.3 Å². The number of carbonyl (C=O) groups is 1. The van der Waals surface area contributed by atoms with Crippen molar-refractivity contribution in [3.05, 3.63) is 18.2 Å². The van der Waals surface area contributed by atoms with Crippen LogP contribution in [0, 0.1) is 5.92 Å². The lowest BCUT2D eigenvalue weighted by Gasteiger charge is -2.27. The Labute approximate surface area is 127 Å². The average Bonchev–Trinajstić information content (AvgIpc) is 2.79. The van der Waals surface area contributed by atoms with Crippen LogP contribution >= 0.6 is 23.4 Å². The molecular weight excluding hydrogens is 296 g/mol. The van der Waals surface area contributed by atoms with Gasteiger partial charge in [0.05, 0.1) is 25.3 Å². The van der Waals surface area contributed by atoms with Gasteiger partial charge in [0.15, 0.2) is 5.17 Å². The molecule has 2 atom stereocenters. The highest BCUT2D eigenvalue weighted by molar-refractivity contribution is 8.15. The van der Waals surface area contributed by atoms with Crippen LogP contribution in [-0.4, -0.2) is 30.1 Å². The van der Waals surface area contributed by atoms with E-state index in [4.69, 9.17) is 16.3 Å². The Morgan fingerprint density at radius 2 is 2.40 bits per heavy atom. The predicted molar refractivity (Wildman–Crippen MR) is 82.1 cm³/mol. The van der Waals surface area contributed by atoms with E-state index in [9.17, 15) is 4.79 Å². The number of carbonyl (C=O) groups excluding carboxylic acids is 1. The summed E-state index contributed by atoms with van der Waals surface area (Å²) >= 11 is 7.53. The lowest BCUT2D eigenvalue weighted by atomic mass is 10.0. The van der Waals surface area contributed by atoms with E-state index < -0.39 is 0 Å². The van der Waals surface area contributed by atoms with Gasteiger partial charge in [0.2, 0.25) is 5.91 Å². The first kappa shape index (κ1) is 13.8. The van der Waals surface area contributed by atoms with Crippen molar-refractivity contribution in [3.63, 3.8) is 0 Å². The normalized spacial score (nSPS) is 22.1. The number of methoxy groups -OCH3 is 1. The lowest BCUT2D eigenvalue weighted by molar-refractivity contribution is -0.121. The van der Waals surface area contributed by atoms with E-state index in [1.54, 1.807) is 12.0 Å². The van der Waals surface area contributed by atoms with Gasteiger partial charge < -0.3 is 4.74 Å². The fourth-order valence-corrected chi connectivity index (χ4v) is 3.74. The van der Waals surface area contributed by atoms with Gasteiger partial charge in [0.1, 0.15) is 5.75 Å². The van der Waals surface area contributed by atoms with Crippen LogP contribution in [0.4, 0.5) is 5.69 Å². The first-order valence-corrected chi connectivity index (χ1v) is 7.74. The zero-order chi connectivity index (χ0) is 14.3. The molecule has 0 saturated carbocycles. The molecule has 2 heterocycles. The average molecular weight is 311 g/mol. The second kappa shape index (κ2) is 5.30. The molecule has 0 saturated heterocycles. The number of alkyl halides is 1. The van der Waals surface area contributed by atoms with Crippen molar-refractivity contribution in [2.45, 2.75) is 23.6 Å². The topological polar surface area (TPSA) is 41.9 Å². The summed E-state index contributed by atoms with van der Waals surface area (Å²) in [6.45, 7) is 2.44. The maximum Gasteiger partial charge on any atom is 0.238 e. The molecule has 1 amide bonds. The van der Waals surface area contributed by atoms with Crippen LogP contribution in [0.25, 0.3) is 0 Å². The van der Waals surface area contributed by atoms with Crippen LogP contribution in [0.15, 0.2) is 28.1 Å². The molecule has 20 heavy (non-hydrogen) atoms. The molecule has 3 rings (SSSR count). The molecule has 0 spiro atoms. The Bertz CT molecular complexity index is 589. The van der Waals surface area contributed by atoms with Crippen LogP contribution in [0.3, 0.4) is 0 Å². The van der Waals surface area contributed by atoms with Gasteiger partial charge in [-0.05, 0) is 43.3 Å². The number of amides is 1. The monoisotopic (exact) mass is 310 g/mol. The second-order valence-electron chi connectivity index (χ2n) is 4.95. The van der Waals surface area contributed by atoms with Gasteiger partial charge in [0.25, 0.3) is 0 Å². The number of ether oxygens (including phenoxy) is 1. The Balaban J connectivity index is 1.93. The third kappa shape index (κ3) is 2.29. The number of hydrogen-bond donors (Lipinski definition) is 0.